The van der Waals surface area contributed by atoms with E-state index in [4.69, 9.17) is 11.6 Å². The molecule has 1 aromatic carbocycles. The van der Waals surface area contributed by atoms with E-state index in [2.05, 4.69) is 23.4 Å². The fourth-order valence-electron chi connectivity index (χ4n) is 2.44. The molecule has 1 aromatic heterocycles. The maximum atomic E-state index is 13.3. The van der Waals surface area contributed by atoms with Crippen LogP contribution in [0.3, 0.4) is 0 Å². The number of aryl methyl sites for hydroxylation is 1. The molecule has 0 amide bonds. The van der Waals surface area contributed by atoms with Gasteiger partial charge < -0.3 is 4.57 Å². The SMILES string of the molecule is CCC(CC)Cn1c(CCCl)nc2cc(F)ccc21. The lowest BCUT2D eigenvalue weighted by Gasteiger charge is -2.16. The zero-order valence-corrected chi connectivity index (χ0v) is 12.3. The zero-order valence-electron chi connectivity index (χ0n) is 11.5. The highest BCUT2D eigenvalue weighted by Crippen LogP contribution is 2.21. The summed E-state index contributed by atoms with van der Waals surface area (Å²) in [6.07, 6.45) is 2.99. The van der Waals surface area contributed by atoms with E-state index in [0.29, 0.717) is 11.8 Å². The number of benzene rings is 1. The summed E-state index contributed by atoms with van der Waals surface area (Å²) in [6, 6.07) is 4.81. The number of imidazole rings is 1. The first-order valence-electron chi connectivity index (χ1n) is 6.90. The van der Waals surface area contributed by atoms with Gasteiger partial charge in [-0.15, -0.1) is 11.6 Å². The second-order valence-electron chi connectivity index (χ2n) is 4.89. The second-order valence-corrected chi connectivity index (χ2v) is 5.27. The number of halogens is 2. The molecule has 1 heterocycles. The van der Waals surface area contributed by atoms with Crippen molar-refractivity contribution in [3.63, 3.8) is 0 Å². The zero-order chi connectivity index (χ0) is 13.8. The molecular weight excluding hydrogens is 263 g/mol. The van der Waals surface area contributed by atoms with Gasteiger partial charge in [0.15, 0.2) is 0 Å². The molecule has 2 nitrogen and oxygen atoms in total. The summed E-state index contributed by atoms with van der Waals surface area (Å²) < 4.78 is 15.5. The van der Waals surface area contributed by atoms with E-state index < -0.39 is 0 Å². The highest BCUT2D eigenvalue weighted by atomic mass is 35.5. The van der Waals surface area contributed by atoms with E-state index >= 15 is 0 Å². The topological polar surface area (TPSA) is 17.8 Å². The summed E-state index contributed by atoms with van der Waals surface area (Å²) >= 11 is 5.84. The predicted molar refractivity (Wildman–Crippen MR) is 78.2 cm³/mol. The lowest BCUT2D eigenvalue weighted by atomic mass is 10.0. The van der Waals surface area contributed by atoms with E-state index in [0.717, 1.165) is 42.7 Å². The van der Waals surface area contributed by atoms with Gasteiger partial charge in [-0.1, -0.05) is 26.7 Å². The Morgan fingerprint density at radius 1 is 1.32 bits per heavy atom. The summed E-state index contributed by atoms with van der Waals surface area (Å²) in [5.41, 5.74) is 1.74. The lowest BCUT2D eigenvalue weighted by Crippen LogP contribution is -2.12. The Morgan fingerprint density at radius 3 is 2.68 bits per heavy atom. The summed E-state index contributed by atoms with van der Waals surface area (Å²) in [6.45, 7) is 5.34. The fraction of sp³-hybridized carbons (Fsp3) is 0.533. The van der Waals surface area contributed by atoms with Crippen molar-refractivity contribution in [3.05, 3.63) is 29.8 Å². The average molecular weight is 283 g/mol. The van der Waals surface area contributed by atoms with Crippen LogP contribution in [0.1, 0.15) is 32.5 Å². The molecule has 0 aliphatic heterocycles. The Bertz CT molecular complexity index is 546. The maximum Gasteiger partial charge on any atom is 0.125 e. The van der Waals surface area contributed by atoms with Crippen LogP contribution in [0, 0.1) is 11.7 Å². The molecule has 0 fully saturated rings. The van der Waals surface area contributed by atoms with Gasteiger partial charge in [0.1, 0.15) is 11.6 Å². The quantitative estimate of drug-likeness (QED) is 0.719. The minimum absolute atomic E-state index is 0.239. The Hall–Kier alpha value is -1.09. The van der Waals surface area contributed by atoms with Crippen molar-refractivity contribution in [1.29, 1.82) is 0 Å². The molecule has 2 aromatic rings. The third-order valence-electron chi connectivity index (χ3n) is 3.70. The summed E-state index contributed by atoms with van der Waals surface area (Å²) in [4.78, 5) is 4.52. The first-order valence-corrected chi connectivity index (χ1v) is 7.43. The second kappa shape index (κ2) is 6.38. The Morgan fingerprint density at radius 2 is 2.05 bits per heavy atom. The molecule has 0 saturated carbocycles. The lowest BCUT2D eigenvalue weighted by molar-refractivity contribution is 0.417. The molecule has 0 aliphatic rings. The van der Waals surface area contributed by atoms with Crippen LogP contribution >= 0.6 is 11.6 Å². The summed E-state index contributed by atoms with van der Waals surface area (Å²) in [5.74, 6) is 1.88. The van der Waals surface area contributed by atoms with Crippen molar-refractivity contribution in [2.45, 2.75) is 39.7 Å². The molecule has 0 saturated heterocycles. The standard InChI is InChI=1S/C15H20ClFN2/c1-3-11(4-2)10-19-14-6-5-12(17)9-13(14)18-15(19)7-8-16/h5-6,9,11H,3-4,7-8,10H2,1-2H3. The monoisotopic (exact) mass is 282 g/mol. The van der Waals surface area contributed by atoms with Gasteiger partial charge in [0.25, 0.3) is 0 Å². The van der Waals surface area contributed by atoms with E-state index in [1.54, 1.807) is 0 Å². The van der Waals surface area contributed by atoms with Crippen molar-refractivity contribution < 1.29 is 4.39 Å². The largest absolute Gasteiger partial charge is 0.328 e. The van der Waals surface area contributed by atoms with Gasteiger partial charge in [0, 0.05) is 24.9 Å². The molecule has 0 bridgehead atoms. The van der Waals surface area contributed by atoms with E-state index in [-0.39, 0.29) is 5.82 Å². The first kappa shape index (κ1) is 14.3. The van der Waals surface area contributed by atoms with Crippen LogP contribution in [-0.4, -0.2) is 15.4 Å². The van der Waals surface area contributed by atoms with E-state index in [9.17, 15) is 4.39 Å². The van der Waals surface area contributed by atoms with Gasteiger partial charge in [-0.2, -0.15) is 0 Å². The van der Waals surface area contributed by atoms with Gasteiger partial charge in [0.2, 0.25) is 0 Å². The Balaban J connectivity index is 2.45. The van der Waals surface area contributed by atoms with Gasteiger partial charge in [-0.25, -0.2) is 9.37 Å². The number of fused-ring (bicyclic) bond motifs is 1. The molecule has 0 spiro atoms. The molecule has 19 heavy (non-hydrogen) atoms. The van der Waals surface area contributed by atoms with Crippen LogP contribution in [-0.2, 0) is 13.0 Å². The van der Waals surface area contributed by atoms with Gasteiger partial charge in [0.05, 0.1) is 11.0 Å². The highest BCUT2D eigenvalue weighted by Gasteiger charge is 2.14. The number of hydrogen-bond donors (Lipinski definition) is 0. The van der Waals surface area contributed by atoms with Crippen molar-refractivity contribution >= 4 is 22.6 Å². The fourth-order valence-corrected chi connectivity index (χ4v) is 2.61. The smallest absolute Gasteiger partial charge is 0.125 e. The summed E-state index contributed by atoms with van der Waals surface area (Å²) in [7, 11) is 0. The first-order chi connectivity index (χ1) is 9.19. The van der Waals surface area contributed by atoms with Crippen molar-refractivity contribution in [2.24, 2.45) is 5.92 Å². The average Bonchev–Trinajstić information content (AvgIpc) is 2.73. The van der Waals surface area contributed by atoms with Crippen LogP contribution in [0.15, 0.2) is 18.2 Å². The van der Waals surface area contributed by atoms with Crippen LogP contribution < -0.4 is 0 Å². The molecule has 2 rings (SSSR count). The number of hydrogen-bond acceptors (Lipinski definition) is 1. The van der Waals surface area contributed by atoms with Gasteiger partial charge >= 0.3 is 0 Å². The third kappa shape index (κ3) is 3.08. The van der Waals surface area contributed by atoms with Crippen LogP contribution in [0.4, 0.5) is 4.39 Å². The molecule has 0 atom stereocenters. The Kier molecular flexibility index (Phi) is 4.81. The number of nitrogens with zero attached hydrogens (tertiary/aromatic N) is 2. The van der Waals surface area contributed by atoms with Crippen molar-refractivity contribution in [2.75, 3.05) is 5.88 Å². The maximum absolute atomic E-state index is 13.3. The van der Waals surface area contributed by atoms with E-state index in [1.165, 1.54) is 12.1 Å². The summed E-state index contributed by atoms with van der Waals surface area (Å²) in [5, 5.41) is 0. The number of aromatic nitrogens is 2. The molecule has 0 radical (unpaired) electrons. The highest BCUT2D eigenvalue weighted by molar-refractivity contribution is 6.17. The molecule has 0 N–H and O–H groups in total. The molecule has 104 valence electrons. The number of alkyl halides is 1. The van der Waals surface area contributed by atoms with Gasteiger partial charge in [-0.3, -0.25) is 0 Å². The molecule has 0 aliphatic carbocycles. The van der Waals surface area contributed by atoms with E-state index in [1.807, 2.05) is 6.07 Å². The minimum Gasteiger partial charge on any atom is -0.328 e. The van der Waals surface area contributed by atoms with Crippen molar-refractivity contribution in [3.8, 4) is 0 Å². The molecule has 0 unspecified atom stereocenters. The third-order valence-corrected chi connectivity index (χ3v) is 3.89. The number of rotatable bonds is 6. The van der Waals surface area contributed by atoms with Crippen molar-refractivity contribution in [1.82, 2.24) is 9.55 Å². The normalized spacial score (nSPS) is 11.6. The predicted octanol–water partition coefficient (Wildman–Crippen LogP) is 4.39. The van der Waals surface area contributed by atoms with Crippen LogP contribution in [0.5, 0.6) is 0 Å². The molecule has 4 heteroatoms. The van der Waals surface area contributed by atoms with Crippen LogP contribution in [0.25, 0.3) is 11.0 Å². The minimum atomic E-state index is -0.239. The van der Waals surface area contributed by atoms with Crippen LogP contribution in [0.2, 0.25) is 0 Å². The molecular formula is C15H20ClFN2. The Labute approximate surface area is 118 Å². The van der Waals surface area contributed by atoms with Gasteiger partial charge in [-0.05, 0) is 18.1 Å².